The summed E-state index contributed by atoms with van der Waals surface area (Å²) in [6.07, 6.45) is 1.42. The predicted octanol–water partition coefficient (Wildman–Crippen LogP) is 2.38. The first-order valence-electron chi connectivity index (χ1n) is 8.15. The topological polar surface area (TPSA) is 85.7 Å². The van der Waals surface area contributed by atoms with E-state index in [1.807, 2.05) is 0 Å². The van der Waals surface area contributed by atoms with Crippen LogP contribution in [0.3, 0.4) is 0 Å². The monoisotopic (exact) mass is 400 g/mol. The fourth-order valence-corrected chi connectivity index (χ4v) is 3.85. The van der Waals surface area contributed by atoms with Crippen LogP contribution in [0.2, 0.25) is 0 Å². The van der Waals surface area contributed by atoms with Crippen molar-refractivity contribution >= 4 is 28.3 Å². The van der Waals surface area contributed by atoms with Crippen LogP contribution in [-0.2, 0) is 22.3 Å². The fourth-order valence-electron chi connectivity index (χ4n) is 2.60. The number of nitrogens with one attached hydrogen (secondary N) is 1. The van der Waals surface area contributed by atoms with Gasteiger partial charge in [-0.3, -0.25) is 13.8 Å². The van der Waals surface area contributed by atoms with Crippen molar-refractivity contribution in [3.8, 4) is 11.6 Å². The molecule has 2 heterocycles. The second kappa shape index (κ2) is 7.91. The Balaban J connectivity index is 1.97. The number of aryl methyl sites for hydroxylation is 1. The van der Waals surface area contributed by atoms with Gasteiger partial charge in [-0.2, -0.15) is 8.78 Å². The third kappa shape index (κ3) is 4.18. The summed E-state index contributed by atoms with van der Waals surface area (Å²) in [5.74, 6) is -0.157. The SMILES string of the molecule is CCn1cc(S(=O)N2CCOc3ccc(NC(C)=O)cc32)c(OC(F)F)n1. The quantitative estimate of drug-likeness (QED) is 0.805. The van der Waals surface area contributed by atoms with Crippen LogP contribution in [0.15, 0.2) is 29.3 Å². The molecule has 1 unspecified atom stereocenters. The van der Waals surface area contributed by atoms with Crippen molar-refractivity contribution in [2.75, 3.05) is 22.8 Å². The van der Waals surface area contributed by atoms with Gasteiger partial charge in [-0.05, 0) is 25.1 Å². The van der Waals surface area contributed by atoms with E-state index in [1.54, 1.807) is 25.1 Å². The van der Waals surface area contributed by atoms with Gasteiger partial charge in [-0.1, -0.05) is 0 Å². The van der Waals surface area contributed by atoms with Crippen molar-refractivity contribution in [1.29, 1.82) is 0 Å². The highest BCUT2D eigenvalue weighted by Gasteiger charge is 2.29. The minimum Gasteiger partial charge on any atom is -0.489 e. The van der Waals surface area contributed by atoms with E-state index in [9.17, 15) is 17.8 Å². The lowest BCUT2D eigenvalue weighted by Gasteiger charge is -2.30. The number of rotatable bonds is 6. The molecule has 0 radical (unpaired) electrons. The summed E-state index contributed by atoms with van der Waals surface area (Å²) in [5, 5.41) is 6.55. The lowest BCUT2D eigenvalue weighted by Crippen LogP contribution is -2.34. The first-order valence-corrected chi connectivity index (χ1v) is 9.25. The minimum absolute atomic E-state index is 0.0370. The fraction of sp³-hybridized carbons (Fsp3) is 0.375. The van der Waals surface area contributed by atoms with Crippen LogP contribution >= 0.6 is 0 Å². The molecule has 0 saturated carbocycles. The molecule has 8 nitrogen and oxygen atoms in total. The lowest BCUT2D eigenvalue weighted by molar-refractivity contribution is -0.114. The highest BCUT2D eigenvalue weighted by Crippen LogP contribution is 2.37. The number of carbonyl (C=O) groups excluding carboxylic acids is 1. The standard InChI is InChI=1S/C16H18F2N4O4S/c1-3-21-9-14(15(20-21)26-16(17)18)27(24)22-6-7-25-13-5-4-11(8-12(13)22)19-10(2)23/h4-5,8-9,16H,3,6-7H2,1-2H3,(H,19,23). The number of hydrogen-bond donors (Lipinski definition) is 1. The highest BCUT2D eigenvalue weighted by molar-refractivity contribution is 7.86. The number of amides is 1. The molecule has 0 saturated heterocycles. The van der Waals surface area contributed by atoms with Crippen LogP contribution in [0.1, 0.15) is 13.8 Å². The highest BCUT2D eigenvalue weighted by atomic mass is 32.2. The summed E-state index contributed by atoms with van der Waals surface area (Å²) in [6.45, 7) is 1.00. The van der Waals surface area contributed by atoms with Gasteiger partial charge < -0.3 is 14.8 Å². The Morgan fingerprint density at radius 3 is 2.93 bits per heavy atom. The van der Waals surface area contributed by atoms with E-state index in [0.29, 0.717) is 23.7 Å². The van der Waals surface area contributed by atoms with E-state index in [4.69, 9.17) is 4.74 Å². The van der Waals surface area contributed by atoms with Gasteiger partial charge >= 0.3 is 6.61 Å². The second-order valence-corrected chi connectivity index (χ2v) is 6.98. The van der Waals surface area contributed by atoms with Gasteiger partial charge in [0.1, 0.15) is 17.3 Å². The van der Waals surface area contributed by atoms with Crippen LogP contribution < -0.4 is 19.1 Å². The molecule has 1 aromatic heterocycles. The normalized spacial score (nSPS) is 14.5. The third-order valence-electron chi connectivity index (χ3n) is 3.71. The van der Waals surface area contributed by atoms with E-state index >= 15 is 0 Å². The predicted molar refractivity (Wildman–Crippen MR) is 94.5 cm³/mol. The maximum atomic E-state index is 13.1. The van der Waals surface area contributed by atoms with Crippen molar-refractivity contribution < 1.29 is 27.3 Å². The number of halogens is 2. The molecule has 27 heavy (non-hydrogen) atoms. The second-order valence-electron chi connectivity index (χ2n) is 5.60. The first-order chi connectivity index (χ1) is 12.9. The van der Waals surface area contributed by atoms with Gasteiger partial charge in [0, 0.05) is 25.4 Å². The molecular formula is C16H18F2N4O4S. The Morgan fingerprint density at radius 1 is 1.48 bits per heavy atom. The third-order valence-corrected chi connectivity index (χ3v) is 5.15. The average Bonchev–Trinajstić information content (AvgIpc) is 3.02. The minimum atomic E-state index is -3.08. The molecule has 1 aliphatic rings. The van der Waals surface area contributed by atoms with Crippen LogP contribution in [-0.4, -0.2) is 39.7 Å². The molecule has 1 amide bonds. The van der Waals surface area contributed by atoms with Crippen molar-refractivity contribution in [3.63, 3.8) is 0 Å². The molecule has 1 aliphatic heterocycles. The Labute approximate surface area is 156 Å². The summed E-state index contributed by atoms with van der Waals surface area (Å²) in [6, 6.07) is 4.93. The Hall–Kier alpha value is -2.69. The molecule has 0 bridgehead atoms. The number of hydrogen-bond acceptors (Lipinski definition) is 5. The molecule has 2 aromatic rings. The zero-order valence-electron chi connectivity index (χ0n) is 14.6. The van der Waals surface area contributed by atoms with Gasteiger partial charge in [0.25, 0.3) is 5.88 Å². The Bertz CT molecular complexity index is 874. The van der Waals surface area contributed by atoms with Crippen molar-refractivity contribution in [3.05, 3.63) is 24.4 Å². The van der Waals surface area contributed by atoms with Gasteiger partial charge in [0.15, 0.2) is 11.0 Å². The smallest absolute Gasteiger partial charge is 0.388 e. The van der Waals surface area contributed by atoms with Crippen LogP contribution in [0, 0.1) is 0 Å². The van der Waals surface area contributed by atoms with Gasteiger partial charge in [-0.25, -0.2) is 4.21 Å². The summed E-state index contributed by atoms with van der Waals surface area (Å²) in [7, 11) is -1.86. The molecule has 0 fully saturated rings. The molecule has 1 N–H and O–H groups in total. The van der Waals surface area contributed by atoms with Crippen molar-refractivity contribution in [2.24, 2.45) is 0 Å². The number of benzene rings is 1. The van der Waals surface area contributed by atoms with Crippen LogP contribution in [0.4, 0.5) is 20.2 Å². The summed E-state index contributed by atoms with van der Waals surface area (Å²) in [5.41, 5.74) is 0.972. The molecule has 3 rings (SSSR count). The lowest BCUT2D eigenvalue weighted by atomic mass is 10.2. The van der Waals surface area contributed by atoms with Crippen LogP contribution in [0.5, 0.6) is 11.6 Å². The largest absolute Gasteiger partial charge is 0.489 e. The number of nitrogens with zero attached hydrogens (tertiary/aromatic N) is 3. The van der Waals surface area contributed by atoms with Gasteiger partial charge in [0.05, 0.1) is 12.2 Å². The number of aromatic nitrogens is 2. The maximum Gasteiger partial charge on any atom is 0.388 e. The molecule has 0 aliphatic carbocycles. The molecule has 11 heteroatoms. The van der Waals surface area contributed by atoms with E-state index in [1.165, 1.54) is 22.1 Å². The maximum absolute atomic E-state index is 13.1. The number of anilines is 2. The van der Waals surface area contributed by atoms with Gasteiger partial charge in [0.2, 0.25) is 5.91 Å². The number of ether oxygens (including phenoxy) is 2. The Kier molecular flexibility index (Phi) is 5.59. The first kappa shape index (κ1) is 19.1. The van der Waals surface area contributed by atoms with Crippen molar-refractivity contribution in [2.45, 2.75) is 31.9 Å². The molecular weight excluding hydrogens is 382 g/mol. The average molecular weight is 400 g/mol. The number of carbonyl (C=O) groups is 1. The molecule has 0 spiro atoms. The van der Waals surface area contributed by atoms with Crippen LogP contribution in [0.25, 0.3) is 0 Å². The Morgan fingerprint density at radius 2 is 2.26 bits per heavy atom. The molecule has 146 valence electrons. The van der Waals surface area contributed by atoms with Gasteiger partial charge in [-0.15, -0.1) is 5.10 Å². The molecule has 1 atom stereocenters. The zero-order chi connectivity index (χ0) is 19.6. The molecule has 1 aromatic carbocycles. The van der Waals surface area contributed by atoms with E-state index < -0.39 is 17.6 Å². The van der Waals surface area contributed by atoms with E-state index in [0.717, 1.165) is 0 Å². The zero-order valence-corrected chi connectivity index (χ0v) is 15.5. The van der Waals surface area contributed by atoms with E-state index in [-0.39, 0.29) is 29.8 Å². The summed E-state index contributed by atoms with van der Waals surface area (Å²) in [4.78, 5) is 11.3. The summed E-state index contributed by atoms with van der Waals surface area (Å²) >= 11 is 0. The van der Waals surface area contributed by atoms with Crippen molar-refractivity contribution in [1.82, 2.24) is 9.78 Å². The summed E-state index contributed by atoms with van der Waals surface area (Å²) < 4.78 is 51.4. The number of alkyl halides is 2. The van der Waals surface area contributed by atoms with E-state index in [2.05, 4.69) is 15.2 Å². The number of fused-ring (bicyclic) bond motifs is 1.